The molecule has 0 heterocycles. The number of aryl methyl sites for hydroxylation is 3. The molecule has 1 aromatic carbocycles. The summed E-state index contributed by atoms with van der Waals surface area (Å²) < 4.78 is 4.54. The molecule has 0 bridgehead atoms. The minimum atomic E-state index is -0.785. The first-order chi connectivity index (χ1) is 7.45. The first-order valence-electron chi connectivity index (χ1n) is 5.28. The molecular formula is C13H18O3. The molecule has 1 aromatic rings. The van der Waals surface area contributed by atoms with Crippen molar-refractivity contribution < 1.29 is 14.6 Å². The van der Waals surface area contributed by atoms with Crippen LogP contribution in [-0.2, 0) is 9.53 Å². The fourth-order valence-electron chi connectivity index (χ4n) is 1.69. The number of esters is 1. The summed E-state index contributed by atoms with van der Waals surface area (Å²) in [7, 11) is 1.32. The molecule has 3 nitrogen and oxygen atoms in total. The van der Waals surface area contributed by atoms with Crippen molar-refractivity contribution >= 4 is 5.97 Å². The molecule has 88 valence electrons. The third-order valence-electron chi connectivity index (χ3n) is 2.83. The zero-order valence-corrected chi connectivity index (χ0v) is 10.2. The van der Waals surface area contributed by atoms with Crippen molar-refractivity contribution in [3.05, 3.63) is 34.4 Å². The normalized spacial score (nSPS) is 12.3. The Morgan fingerprint density at radius 3 is 2.38 bits per heavy atom. The molecule has 16 heavy (non-hydrogen) atoms. The van der Waals surface area contributed by atoms with E-state index in [0.29, 0.717) is 0 Å². The molecule has 0 aromatic heterocycles. The van der Waals surface area contributed by atoms with Crippen LogP contribution in [0.25, 0.3) is 0 Å². The molecule has 1 rings (SSSR count). The van der Waals surface area contributed by atoms with Crippen molar-refractivity contribution in [1.29, 1.82) is 0 Å². The Hall–Kier alpha value is -1.35. The predicted octanol–water partition coefficient (Wildman–Crippen LogP) is 2.21. The molecule has 0 unspecified atom stereocenters. The summed E-state index contributed by atoms with van der Waals surface area (Å²) in [5, 5.41) is 9.92. The molecule has 0 aliphatic heterocycles. The lowest BCUT2D eigenvalue weighted by Crippen LogP contribution is -2.09. The number of carbonyl (C=O) groups is 1. The largest absolute Gasteiger partial charge is 0.469 e. The monoisotopic (exact) mass is 222 g/mol. The fourth-order valence-corrected chi connectivity index (χ4v) is 1.69. The maximum atomic E-state index is 11.1. The number of aliphatic hydroxyl groups is 1. The number of rotatable bonds is 3. The van der Waals surface area contributed by atoms with Gasteiger partial charge in [-0.1, -0.05) is 12.1 Å². The number of aliphatic hydroxyl groups excluding tert-OH is 1. The van der Waals surface area contributed by atoms with Crippen molar-refractivity contribution in [2.24, 2.45) is 0 Å². The van der Waals surface area contributed by atoms with Crippen molar-refractivity contribution in [3.63, 3.8) is 0 Å². The van der Waals surface area contributed by atoms with E-state index in [1.807, 2.05) is 32.9 Å². The number of hydrogen-bond acceptors (Lipinski definition) is 3. The van der Waals surface area contributed by atoms with Crippen LogP contribution in [0.1, 0.15) is 34.8 Å². The lowest BCUT2D eigenvalue weighted by atomic mass is 9.96. The number of benzene rings is 1. The van der Waals surface area contributed by atoms with E-state index in [4.69, 9.17) is 0 Å². The molecule has 1 atom stereocenters. The van der Waals surface area contributed by atoms with Gasteiger partial charge in [-0.3, -0.25) is 4.79 Å². The highest BCUT2D eigenvalue weighted by Gasteiger charge is 2.16. The molecule has 0 fully saturated rings. The second-order valence-electron chi connectivity index (χ2n) is 4.09. The van der Waals surface area contributed by atoms with E-state index in [0.717, 1.165) is 16.7 Å². The standard InChI is InChI=1S/C13H18O3/c1-8-5-10(3)11(6-9(8)2)12(14)7-13(15)16-4/h5-6,12,14H,7H2,1-4H3/t12-/m1/s1. The predicted molar refractivity (Wildman–Crippen MR) is 62.2 cm³/mol. The summed E-state index contributed by atoms with van der Waals surface area (Å²) in [6.07, 6.45) is -0.786. The number of ether oxygens (including phenoxy) is 1. The van der Waals surface area contributed by atoms with E-state index in [-0.39, 0.29) is 6.42 Å². The van der Waals surface area contributed by atoms with Gasteiger partial charge in [-0.15, -0.1) is 0 Å². The zero-order valence-electron chi connectivity index (χ0n) is 10.2. The third kappa shape index (κ3) is 2.83. The van der Waals surface area contributed by atoms with Crippen LogP contribution < -0.4 is 0 Å². The fraction of sp³-hybridized carbons (Fsp3) is 0.462. The summed E-state index contributed by atoms with van der Waals surface area (Å²) >= 11 is 0. The lowest BCUT2D eigenvalue weighted by molar-refractivity contribution is -0.142. The molecule has 0 radical (unpaired) electrons. The van der Waals surface area contributed by atoms with Crippen LogP contribution in [0.5, 0.6) is 0 Å². The van der Waals surface area contributed by atoms with Gasteiger partial charge in [0, 0.05) is 0 Å². The Balaban J connectivity index is 2.95. The molecule has 1 N–H and O–H groups in total. The molecule has 0 spiro atoms. The Morgan fingerprint density at radius 2 is 1.81 bits per heavy atom. The van der Waals surface area contributed by atoms with Crippen LogP contribution in [-0.4, -0.2) is 18.2 Å². The zero-order chi connectivity index (χ0) is 12.3. The lowest BCUT2D eigenvalue weighted by Gasteiger charge is -2.14. The summed E-state index contributed by atoms with van der Waals surface area (Å²) in [5.74, 6) is -0.398. The minimum absolute atomic E-state index is 0.000158. The van der Waals surface area contributed by atoms with E-state index in [1.165, 1.54) is 12.7 Å². The van der Waals surface area contributed by atoms with Crippen LogP contribution in [0.15, 0.2) is 12.1 Å². The molecule has 0 aliphatic carbocycles. The van der Waals surface area contributed by atoms with Gasteiger partial charge in [0.2, 0.25) is 0 Å². The summed E-state index contributed by atoms with van der Waals surface area (Å²) in [6.45, 7) is 5.95. The van der Waals surface area contributed by atoms with Gasteiger partial charge in [-0.2, -0.15) is 0 Å². The maximum Gasteiger partial charge on any atom is 0.308 e. The van der Waals surface area contributed by atoms with E-state index in [2.05, 4.69) is 4.74 Å². The van der Waals surface area contributed by atoms with E-state index < -0.39 is 12.1 Å². The van der Waals surface area contributed by atoms with Crippen molar-refractivity contribution in [3.8, 4) is 0 Å². The number of carbonyl (C=O) groups excluding carboxylic acids is 1. The van der Waals surface area contributed by atoms with Crippen LogP contribution >= 0.6 is 0 Å². The first-order valence-corrected chi connectivity index (χ1v) is 5.28. The van der Waals surface area contributed by atoms with Gasteiger partial charge in [0.25, 0.3) is 0 Å². The van der Waals surface area contributed by atoms with E-state index >= 15 is 0 Å². The van der Waals surface area contributed by atoms with Crippen molar-refractivity contribution in [2.75, 3.05) is 7.11 Å². The SMILES string of the molecule is COC(=O)C[C@@H](O)c1cc(C)c(C)cc1C. The molecule has 0 saturated heterocycles. The number of hydrogen-bond donors (Lipinski definition) is 1. The van der Waals surface area contributed by atoms with Crippen LogP contribution in [0.4, 0.5) is 0 Å². The van der Waals surface area contributed by atoms with E-state index in [1.54, 1.807) is 0 Å². The number of methoxy groups -OCH3 is 1. The average molecular weight is 222 g/mol. The highest BCUT2D eigenvalue weighted by Crippen LogP contribution is 2.24. The first kappa shape index (κ1) is 12.7. The minimum Gasteiger partial charge on any atom is -0.469 e. The Morgan fingerprint density at radius 1 is 1.25 bits per heavy atom. The van der Waals surface area contributed by atoms with Gasteiger partial charge in [-0.05, 0) is 43.0 Å². The van der Waals surface area contributed by atoms with Gasteiger partial charge in [0.1, 0.15) is 0 Å². The Labute approximate surface area is 96.1 Å². The van der Waals surface area contributed by atoms with E-state index in [9.17, 15) is 9.90 Å². The molecule has 0 saturated carbocycles. The third-order valence-corrected chi connectivity index (χ3v) is 2.83. The molecule has 0 aliphatic rings. The van der Waals surface area contributed by atoms with Crippen molar-refractivity contribution in [2.45, 2.75) is 33.3 Å². The van der Waals surface area contributed by atoms with Gasteiger partial charge in [0.05, 0.1) is 19.6 Å². The summed E-state index contributed by atoms with van der Waals surface area (Å²) in [5.41, 5.74) is 4.10. The topological polar surface area (TPSA) is 46.5 Å². The highest BCUT2D eigenvalue weighted by molar-refractivity contribution is 5.70. The second kappa shape index (κ2) is 5.12. The quantitative estimate of drug-likeness (QED) is 0.797. The second-order valence-corrected chi connectivity index (χ2v) is 4.09. The summed E-state index contributed by atoms with van der Waals surface area (Å²) in [4.78, 5) is 11.1. The van der Waals surface area contributed by atoms with Gasteiger partial charge in [0.15, 0.2) is 0 Å². The molecule has 0 amide bonds. The summed E-state index contributed by atoms with van der Waals surface area (Å²) in [6, 6.07) is 3.95. The Kier molecular flexibility index (Phi) is 4.07. The Bertz CT molecular complexity index is 396. The molecular weight excluding hydrogens is 204 g/mol. The van der Waals surface area contributed by atoms with Gasteiger partial charge >= 0.3 is 5.97 Å². The smallest absolute Gasteiger partial charge is 0.308 e. The van der Waals surface area contributed by atoms with Gasteiger partial charge in [-0.25, -0.2) is 0 Å². The molecule has 3 heteroatoms. The van der Waals surface area contributed by atoms with Crippen LogP contribution in [0.3, 0.4) is 0 Å². The maximum absolute atomic E-state index is 11.1. The van der Waals surface area contributed by atoms with Gasteiger partial charge < -0.3 is 9.84 Å². The highest BCUT2D eigenvalue weighted by atomic mass is 16.5. The van der Waals surface area contributed by atoms with Crippen molar-refractivity contribution in [1.82, 2.24) is 0 Å². The van der Waals surface area contributed by atoms with Crippen LogP contribution in [0.2, 0.25) is 0 Å². The van der Waals surface area contributed by atoms with Crippen LogP contribution in [0, 0.1) is 20.8 Å². The average Bonchev–Trinajstić information content (AvgIpc) is 2.23.